The van der Waals surface area contributed by atoms with Crippen LogP contribution in [-0.4, -0.2) is 41.8 Å². The van der Waals surface area contributed by atoms with Gasteiger partial charge in [-0.05, 0) is 41.5 Å². The second kappa shape index (κ2) is 11.2. The van der Waals surface area contributed by atoms with Crippen LogP contribution in [0.3, 0.4) is 0 Å². The number of carboxylic acids is 1. The van der Waals surface area contributed by atoms with Crippen molar-refractivity contribution in [2.45, 2.75) is 57.0 Å². The van der Waals surface area contributed by atoms with Gasteiger partial charge in [-0.15, -0.1) is 0 Å². The second-order valence-electron chi connectivity index (χ2n) is 9.27. The monoisotopic (exact) mass is 476 g/mol. The lowest BCUT2D eigenvalue weighted by atomic mass is 9.91. The van der Waals surface area contributed by atoms with Crippen molar-refractivity contribution in [3.05, 3.63) is 71.8 Å². The molecule has 2 aliphatic rings. The highest BCUT2D eigenvalue weighted by atomic mass is 16.5. The van der Waals surface area contributed by atoms with Crippen LogP contribution in [0, 0.1) is 5.92 Å². The Kier molecular flexibility index (Phi) is 7.85. The van der Waals surface area contributed by atoms with Crippen LogP contribution in [0.5, 0.6) is 0 Å². The van der Waals surface area contributed by atoms with Crippen molar-refractivity contribution in [3.8, 4) is 11.1 Å². The Morgan fingerprint density at radius 3 is 2.34 bits per heavy atom. The van der Waals surface area contributed by atoms with Crippen LogP contribution in [-0.2, 0) is 14.3 Å². The van der Waals surface area contributed by atoms with Crippen molar-refractivity contribution < 1.29 is 24.2 Å². The number of carbonyl (C=O) groups is 3. The molecule has 2 amide bonds. The molecule has 2 unspecified atom stereocenters. The average Bonchev–Trinajstić information content (AvgIpc) is 3.16. The predicted octanol–water partition coefficient (Wildman–Crippen LogP) is 4.62. The summed E-state index contributed by atoms with van der Waals surface area (Å²) in [4.78, 5) is 36.5. The van der Waals surface area contributed by atoms with Crippen LogP contribution in [0.2, 0.25) is 0 Å². The fourth-order valence-corrected chi connectivity index (χ4v) is 5.07. The minimum absolute atomic E-state index is 0.0265. The summed E-state index contributed by atoms with van der Waals surface area (Å²) >= 11 is 0. The molecule has 0 aromatic heterocycles. The molecule has 0 spiro atoms. The normalized spacial score (nSPS) is 19.3. The van der Waals surface area contributed by atoms with Gasteiger partial charge in [-0.3, -0.25) is 9.59 Å². The molecule has 0 bridgehead atoms. The van der Waals surface area contributed by atoms with Gasteiger partial charge >= 0.3 is 12.1 Å². The Balaban J connectivity index is 1.31. The van der Waals surface area contributed by atoms with Crippen molar-refractivity contribution in [3.63, 3.8) is 0 Å². The number of carboxylic acid groups (broad SMARTS) is 1. The van der Waals surface area contributed by atoms with Crippen LogP contribution >= 0.6 is 0 Å². The number of rotatable bonds is 9. The lowest BCUT2D eigenvalue weighted by Crippen LogP contribution is -2.43. The topological polar surface area (TPSA) is 105 Å². The van der Waals surface area contributed by atoms with Gasteiger partial charge in [0.25, 0.3) is 0 Å². The number of benzene rings is 2. The number of hydrogen-bond acceptors (Lipinski definition) is 4. The van der Waals surface area contributed by atoms with E-state index in [4.69, 9.17) is 4.74 Å². The molecule has 2 aliphatic carbocycles. The Morgan fingerprint density at radius 1 is 1.06 bits per heavy atom. The maximum absolute atomic E-state index is 12.7. The van der Waals surface area contributed by atoms with Gasteiger partial charge in [0.15, 0.2) is 0 Å². The predicted molar refractivity (Wildman–Crippen MR) is 133 cm³/mol. The van der Waals surface area contributed by atoms with Gasteiger partial charge in [0.2, 0.25) is 5.91 Å². The molecule has 35 heavy (non-hydrogen) atoms. The number of aliphatic carboxylic acids is 1. The molecule has 0 aliphatic heterocycles. The van der Waals surface area contributed by atoms with E-state index in [9.17, 15) is 19.5 Å². The summed E-state index contributed by atoms with van der Waals surface area (Å²) in [5.74, 6) is -1.59. The Hall–Kier alpha value is -3.61. The number of ether oxygens (including phenoxy) is 1. The number of hydrogen-bond donors (Lipinski definition) is 3. The molecule has 0 saturated heterocycles. The first-order valence-electron chi connectivity index (χ1n) is 12.3. The zero-order valence-corrected chi connectivity index (χ0v) is 19.9. The summed E-state index contributed by atoms with van der Waals surface area (Å²) < 4.78 is 5.63. The van der Waals surface area contributed by atoms with Gasteiger partial charge in [0, 0.05) is 24.4 Å². The number of fused-ring (bicyclic) bond motifs is 3. The highest BCUT2D eigenvalue weighted by Gasteiger charge is 2.30. The van der Waals surface area contributed by atoms with Gasteiger partial charge in [-0.2, -0.15) is 0 Å². The van der Waals surface area contributed by atoms with Crippen LogP contribution in [0.4, 0.5) is 4.79 Å². The summed E-state index contributed by atoms with van der Waals surface area (Å²) in [6.07, 6.45) is 5.49. The van der Waals surface area contributed by atoms with Gasteiger partial charge in [-0.25, -0.2) is 4.79 Å². The summed E-state index contributed by atoms with van der Waals surface area (Å²) in [5.41, 5.74) is 4.62. The second-order valence-corrected chi connectivity index (χ2v) is 9.27. The highest BCUT2D eigenvalue weighted by molar-refractivity contribution is 5.80. The lowest BCUT2D eigenvalue weighted by molar-refractivity contribution is -0.142. The van der Waals surface area contributed by atoms with E-state index in [-0.39, 0.29) is 36.9 Å². The average molecular weight is 477 g/mol. The largest absolute Gasteiger partial charge is 0.481 e. The zero-order valence-electron chi connectivity index (χ0n) is 19.9. The minimum Gasteiger partial charge on any atom is -0.481 e. The van der Waals surface area contributed by atoms with Crippen molar-refractivity contribution in [1.29, 1.82) is 0 Å². The van der Waals surface area contributed by atoms with Gasteiger partial charge in [0.1, 0.15) is 6.61 Å². The number of carbonyl (C=O) groups excluding carboxylic acids is 2. The third-order valence-electron chi connectivity index (χ3n) is 6.76. The number of nitrogens with one attached hydrogen (secondary N) is 2. The molecule has 7 nitrogen and oxygen atoms in total. The minimum atomic E-state index is -0.852. The number of amides is 2. The quantitative estimate of drug-likeness (QED) is 0.458. The van der Waals surface area contributed by atoms with Gasteiger partial charge in [0.05, 0.1) is 5.92 Å². The third kappa shape index (κ3) is 5.91. The van der Waals surface area contributed by atoms with E-state index in [1.165, 1.54) is 11.1 Å². The molecule has 2 aromatic rings. The van der Waals surface area contributed by atoms with Crippen molar-refractivity contribution >= 4 is 18.0 Å². The Labute approximate surface area is 205 Å². The van der Waals surface area contributed by atoms with Crippen LogP contribution in [0.15, 0.2) is 60.7 Å². The summed E-state index contributed by atoms with van der Waals surface area (Å²) in [6.45, 7) is 2.21. The standard InChI is InChI=1S/C28H32N2O5/c1-2-8-19(16-26(31)29-20-10-7-9-18(15-20)27(32)33)30-28(34)35-17-25-23-13-5-3-11-21(23)22-12-4-6-14-24(22)25/h3-7,10-14,18-20,25H,2,8-9,15-17H2,1H3,(H,29,31)(H,30,34)(H,32,33)/t18?,19-,20?/m0/s1. The maximum atomic E-state index is 12.7. The molecule has 0 fully saturated rings. The van der Waals surface area contributed by atoms with Crippen LogP contribution in [0.1, 0.15) is 56.1 Å². The molecule has 0 radical (unpaired) electrons. The molecular formula is C28H32N2O5. The fraction of sp³-hybridized carbons (Fsp3) is 0.393. The van der Waals surface area contributed by atoms with Crippen LogP contribution in [0.25, 0.3) is 11.1 Å². The zero-order chi connectivity index (χ0) is 24.8. The molecule has 2 aromatic carbocycles. The molecule has 4 rings (SSSR count). The van der Waals surface area contributed by atoms with Crippen molar-refractivity contribution in [2.24, 2.45) is 5.92 Å². The first-order valence-corrected chi connectivity index (χ1v) is 12.3. The van der Waals surface area contributed by atoms with Crippen LogP contribution < -0.4 is 10.6 Å². The van der Waals surface area contributed by atoms with E-state index < -0.39 is 18.0 Å². The molecule has 0 saturated carbocycles. The maximum Gasteiger partial charge on any atom is 0.407 e. The summed E-state index contributed by atoms with van der Waals surface area (Å²) in [7, 11) is 0. The SMILES string of the molecule is CCC[C@@H](CC(=O)NC1C=CCC(C(=O)O)C1)NC(=O)OCC1c2ccccc2-c2ccccc21. The van der Waals surface area contributed by atoms with Crippen molar-refractivity contribution in [2.75, 3.05) is 6.61 Å². The third-order valence-corrected chi connectivity index (χ3v) is 6.76. The number of allylic oxidation sites excluding steroid dienone is 1. The molecule has 0 heterocycles. The molecular weight excluding hydrogens is 444 g/mol. The molecule has 184 valence electrons. The van der Waals surface area contributed by atoms with Crippen molar-refractivity contribution in [1.82, 2.24) is 10.6 Å². The number of alkyl carbamates (subject to hydrolysis) is 1. The molecule has 3 atom stereocenters. The fourth-order valence-electron chi connectivity index (χ4n) is 5.07. The summed E-state index contributed by atoms with van der Waals surface area (Å²) in [6, 6.07) is 15.7. The smallest absolute Gasteiger partial charge is 0.407 e. The highest BCUT2D eigenvalue weighted by Crippen LogP contribution is 2.44. The Morgan fingerprint density at radius 2 is 1.71 bits per heavy atom. The van der Waals surface area contributed by atoms with Gasteiger partial charge in [-0.1, -0.05) is 74.0 Å². The lowest BCUT2D eigenvalue weighted by Gasteiger charge is -2.24. The van der Waals surface area contributed by atoms with Gasteiger partial charge < -0.3 is 20.5 Å². The first kappa shape index (κ1) is 24.5. The van der Waals surface area contributed by atoms with E-state index in [1.54, 1.807) is 6.08 Å². The molecule has 7 heteroatoms. The molecule has 3 N–H and O–H groups in total. The van der Waals surface area contributed by atoms with E-state index in [0.717, 1.165) is 17.5 Å². The van der Waals surface area contributed by atoms with E-state index in [2.05, 4.69) is 34.9 Å². The summed E-state index contributed by atoms with van der Waals surface area (Å²) in [5, 5.41) is 15.0. The van der Waals surface area contributed by atoms with E-state index in [1.807, 2.05) is 37.3 Å². The van der Waals surface area contributed by atoms with E-state index in [0.29, 0.717) is 19.3 Å². The van der Waals surface area contributed by atoms with E-state index >= 15 is 0 Å². The Bertz CT molecular complexity index is 1070. The first-order chi connectivity index (χ1) is 17.0.